The number of nitrogens with zero attached hydrogens (tertiary/aromatic N) is 1. The molecule has 1 unspecified atom stereocenters. The summed E-state index contributed by atoms with van der Waals surface area (Å²) >= 11 is 1.54. The molecule has 1 heterocycles. The van der Waals surface area contributed by atoms with E-state index in [-0.39, 0.29) is 17.7 Å². The van der Waals surface area contributed by atoms with E-state index in [0.29, 0.717) is 24.6 Å². The number of rotatable bonds is 8. The summed E-state index contributed by atoms with van der Waals surface area (Å²) in [6.45, 7) is 4.40. The van der Waals surface area contributed by atoms with E-state index in [9.17, 15) is 14.7 Å². The predicted molar refractivity (Wildman–Crippen MR) is 121 cm³/mol. The molecule has 0 aliphatic carbocycles. The van der Waals surface area contributed by atoms with Crippen molar-refractivity contribution >= 4 is 23.6 Å². The highest BCUT2D eigenvalue weighted by Gasteiger charge is 2.38. The van der Waals surface area contributed by atoms with Gasteiger partial charge in [0.1, 0.15) is 12.1 Å². The molecule has 0 radical (unpaired) electrons. The Morgan fingerprint density at radius 1 is 1.13 bits per heavy atom. The summed E-state index contributed by atoms with van der Waals surface area (Å²) in [5.41, 5.74) is 3.38. The fourth-order valence-electron chi connectivity index (χ4n) is 3.76. The van der Waals surface area contributed by atoms with Gasteiger partial charge in [-0.2, -0.15) is 0 Å². The first-order valence-corrected chi connectivity index (χ1v) is 11.6. The molecule has 0 aromatic heterocycles. The number of hydrogen-bond donors (Lipinski definition) is 2. The van der Waals surface area contributed by atoms with Gasteiger partial charge in [0, 0.05) is 12.3 Å². The van der Waals surface area contributed by atoms with Gasteiger partial charge in [-0.25, -0.2) is 0 Å². The topological polar surface area (TPSA) is 69.6 Å². The quantitative estimate of drug-likeness (QED) is 0.681. The monoisotopic (exact) mass is 426 g/mol. The molecular weight excluding hydrogens is 396 g/mol. The van der Waals surface area contributed by atoms with Gasteiger partial charge in [-0.05, 0) is 35.4 Å². The molecule has 0 saturated carbocycles. The lowest BCUT2D eigenvalue weighted by Crippen LogP contribution is -2.51. The molecule has 1 aliphatic rings. The van der Waals surface area contributed by atoms with Gasteiger partial charge in [0.2, 0.25) is 5.91 Å². The van der Waals surface area contributed by atoms with Crippen LogP contribution in [0.25, 0.3) is 0 Å². The van der Waals surface area contributed by atoms with Crippen LogP contribution in [0.4, 0.5) is 0 Å². The van der Waals surface area contributed by atoms with Crippen LogP contribution in [0.15, 0.2) is 54.6 Å². The second kappa shape index (κ2) is 10.6. The first-order valence-electron chi connectivity index (χ1n) is 10.5. The highest BCUT2D eigenvalue weighted by Crippen LogP contribution is 2.24. The third-order valence-corrected chi connectivity index (χ3v) is 6.63. The number of benzene rings is 2. The molecule has 0 spiro atoms. The van der Waals surface area contributed by atoms with Crippen LogP contribution in [0.5, 0.6) is 0 Å². The molecule has 2 amide bonds. The molecule has 160 valence electrons. The maximum absolute atomic E-state index is 12.9. The Morgan fingerprint density at radius 2 is 1.80 bits per heavy atom. The number of aliphatic hydroxyl groups excluding tert-OH is 1. The van der Waals surface area contributed by atoms with Gasteiger partial charge >= 0.3 is 0 Å². The fraction of sp³-hybridized carbons (Fsp3) is 0.417. The molecule has 2 N–H and O–H groups in total. The van der Waals surface area contributed by atoms with Crippen LogP contribution in [-0.4, -0.2) is 45.6 Å². The molecule has 1 aliphatic heterocycles. The Balaban J connectivity index is 1.59. The van der Waals surface area contributed by atoms with Crippen molar-refractivity contribution in [3.05, 3.63) is 71.3 Å². The molecule has 30 heavy (non-hydrogen) atoms. The van der Waals surface area contributed by atoms with E-state index in [4.69, 9.17) is 0 Å². The third kappa shape index (κ3) is 5.43. The van der Waals surface area contributed by atoms with Crippen molar-refractivity contribution in [3.8, 4) is 0 Å². The van der Waals surface area contributed by atoms with Crippen molar-refractivity contribution in [2.24, 2.45) is 5.92 Å². The number of thioether (sulfide) groups is 1. The Hall–Kier alpha value is -2.31. The smallest absolute Gasteiger partial charge is 0.253 e. The fourth-order valence-corrected chi connectivity index (χ4v) is 4.93. The predicted octanol–water partition coefficient (Wildman–Crippen LogP) is 3.01. The minimum absolute atomic E-state index is 0.165. The zero-order valence-corrected chi connectivity index (χ0v) is 18.4. The van der Waals surface area contributed by atoms with Crippen LogP contribution in [-0.2, 0) is 29.0 Å². The van der Waals surface area contributed by atoms with Gasteiger partial charge in [-0.1, -0.05) is 68.4 Å². The first-order chi connectivity index (χ1) is 14.5. The summed E-state index contributed by atoms with van der Waals surface area (Å²) in [7, 11) is 0. The Bertz CT molecular complexity index is 859. The molecule has 0 bridgehead atoms. The van der Waals surface area contributed by atoms with Crippen molar-refractivity contribution in [2.75, 3.05) is 11.6 Å². The molecule has 1 fully saturated rings. The van der Waals surface area contributed by atoms with E-state index in [1.807, 2.05) is 55.5 Å². The lowest BCUT2D eigenvalue weighted by atomic mass is 9.95. The van der Waals surface area contributed by atoms with E-state index in [2.05, 4.69) is 18.3 Å². The molecule has 3 rings (SSSR count). The van der Waals surface area contributed by atoms with Gasteiger partial charge < -0.3 is 15.3 Å². The first kappa shape index (κ1) is 22.4. The summed E-state index contributed by atoms with van der Waals surface area (Å²) in [5.74, 6) is 0.218. The zero-order valence-electron chi connectivity index (χ0n) is 17.6. The molecule has 2 aromatic rings. The van der Waals surface area contributed by atoms with E-state index in [1.165, 1.54) is 10.5 Å². The largest absolute Gasteiger partial charge is 0.383 e. The van der Waals surface area contributed by atoms with Gasteiger partial charge in [-0.3, -0.25) is 9.59 Å². The maximum atomic E-state index is 12.9. The maximum Gasteiger partial charge on any atom is 0.253 e. The summed E-state index contributed by atoms with van der Waals surface area (Å²) in [6, 6.07) is 17.3. The number of nitrogens with one attached hydrogen (secondary N) is 1. The number of amides is 2. The number of carbonyl (C=O) groups excluding carboxylic acids is 2. The Kier molecular flexibility index (Phi) is 7.94. The van der Waals surface area contributed by atoms with Crippen LogP contribution in [0.2, 0.25) is 0 Å². The number of aliphatic hydroxyl groups is 1. The number of hydrogen-bond acceptors (Lipinski definition) is 4. The third-order valence-electron chi connectivity index (χ3n) is 5.61. The zero-order chi connectivity index (χ0) is 21.5. The average Bonchev–Trinajstić information content (AvgIpc) is 3.27. The Morgan fingerprint density at radius 3 is 2.50 bits per heavy atom. The summed E-state index contributed by atoms with van der Waals surface area (Å²) in [6.07, 6.45) is 0.390. The van der Waals surface area contributed by atoms with Crippen molar-refractivity contribution < 1.29 is 14.7 Å². The highest BCUT2D eigenvalue weighted by atomic mass is 32.2. The molecule has 2 aromatic carbocycles. The van der Waals surface area contributed by atoms with E-state index < -0.39 is 12.1 Å². The van der Waals surface area contributed by atoms with Crippen molar-refractivity contribution in [3.63, 3.8) is 0 Å². The molecule has 5 nitrogen and oxygen atoms in total. The van der Waals surface area contributed by atoms with Crippen molar-refractivity contribution in [1.29, 1.82) is 0 Å². The van der Waals surface area contributed by atoms with Crippen LogP contribution < -0.4 is 5.32 Å². The van der Waals surface area contributed by atoms with Crippen molar-refractivity contribution in [1.82, 2.24) is 10.2 Å². The standard InChI is InChI=1S/C24H30N2O3S/c1-3-19-11-7-8-12-20(19)14-25-23(28)21-15-30-16-26(21)24(29)22(27)17(2)13-18-9-5-4-6-10-18/h4-12,17,21-22,27H,3,13-16H2,1-2H3,(H,25,28)/t17?,21-,22-/m0/s1. The highest BCUT2D eigenvalue weighted by molar-refractivity contribution is 7.99. The molecule has 3 atom stereocenters. The van der Waals surface area contributed by atoms with E-state index in [0.717, 1.165) is 17.5 Å². The van der Waals surface area contributed by atoms with Crippen LogP contribution in [0, 0.1) is 5.92 Å². The molecule has 6 heteroatoms. The van der Waals surface area contributed by atoms with Gasteiger partial charge in [0.15, 0.2) is 0 Å². The van der Waals surface area contributed by atoms with Gasteiger partial charge in [-0.15, -0.1) is 11.8 Å². The lowest BCUT2D eigenvalue weighted by Gasteiger charge is -2.28. The summed E-state index contributed by atoms with van der Waals surface area (Å²) < 4.78 is 0. The van der Waals surface area contributed by atoms with Gasteiger partial charge in [0.05, 0.1) is 5.88 Å². The molecular formula is C24H30N2O3S. The van der Waals surface area contributed by atoms with Crippen LogP contribution >= 0.6 is 11.8 Å². The summed E-state index contributed by atoms with van der Waals surface area (Å²) in [4.78, 5) is 27.3. The number of aryl methyl sites for hydroxylation is 1. The molecule has 1 saturated heterocycles. The minimum Gasteiger partial charge on any atom is -0.383 e. The minimum atomic E-state index is -1.12. The van der Waals surface area contributed by atoms with E-state index in [1.54, 1.807) is 11.8 Å². The summed E-state index contributed by atoms with van der Waals surface area (Å²) in [5, 5.41) is 13.6. The lowest BCUT2D eigenvalue weighted by molar-refractivity contribution is -0.146. The number of carbonyl (C=O) groups is 2. The van der Waals surface area contributed by atoms with Crippen LogP contribution in [0.1, 0.15) is 30.5 Å². The van der Waals surface area contributed by atoms with Crippen molar-refractivity contribution in [2.45, 2.75) is 45.4 Å². The normalized spacial score (nSPS) is 18.1. The van der Waals surface area contributed by atoms with Gasteiger partial charge in [0.25, 0.3) is 5.91 Å². The van der Waals surface area contributed by atoms with Crippen LogP contribution in [0.3, 0.4) is 0 Å². The Labute approximate surface area is 182 Å². The second-order valence-corrected chi connectivity index (χ2v) is 8.78. The second-order valence-electron chi connectivity index (χ2n) is 7.78. The van der Waals surface area contributed by atoms with E-state index >= 15 is 0 Å². The average molecular weight is 427 g/mol. The SMILES string of the molecule is CCc1ccccc1CNC(=O)[C@@H]1CSCN1C(=O)[C@@H](O)C(C)Cc1ccccc1.